The zero-order valence-electron chi connectivity index (χ0n) is 16.8. The van der Waals surface area contributed by atoms with Gasteiger partial charge in [0.1, 0.15) is 5.75 Å². The third-order valence-electron chi connectivity index (χ3n) is 4.57. The van der Waals surface area contributed by atoms with Crippen LogP contribution in [0.4, 0.5) is 0 Å². The van der Waals surface area contributed by atoms with Crippen LogP contribution in [0.15, 0.2) is 24.3 Å². The Labute approximate surface area is 158 Å². The van der Waals surface area contributed by atoms with E-state index < -0.39 is 0 Å². The number of carbonyl (C=O) groups excluding carboxylic acids is 1. The first-order valence-electron chi connectivity index (χ1n) is 9.58. The molecule has 0 atom stereocenters. The molecule has 0 aromatic heterocycles. The lowest BCUT2D eigenvalue weighted by atomic mass is 9.91. The average Bonchev–Trinajstić information content (AvgIpc) is 2.61. The normalized spacial score (nSPS) is 15.7. The van der Waals surface area contributed by atoms with Crippen LogP contribution in [0, 0.1) is 5.41 Å². The summed E-state index contributed by atoms with van der Waals surface area (Å²) in [6, 6.07) is 7.99. The van der Waals surface area contributed by atoms with Gasteiger partial charge in [-0.2, -0.15) is 0 Å². The fourth-order valence-electron chi connectivity index (χ4n) is 3.12. The molecule has 0 saturated carbocycles. The van der Waals surface area contributed by atoms with Crippen molar-refractivity contribution in [3.8, 4) is 5.75 Å². The number of carbonyl (C=O) groups is 1. The van der Waals surface area contributed by atoms with E-state index in [0.717, 1.165) is 57.1 Å². The molecular weight excluding hydrogens is 328 g/mol. The highest BCUT2D eigenvalue weighted by Gasteiger charge is 2.21. The van der Waals surface area contributed by atoms with Crippen molar-refractivity contribution in [2.75, 3.05) is 46.5 Å². The summed E-state index contributed by atoms with van der Waals surface area (Å²) in [5.41, 5.74) is 1.14. The summed E-state index contributed by atoms with van der Waals surface area (Å²) >= 11 is 0. The SMILES string of the molecule is COc1ccc(CN(CCCN2CCOCC2)C(=O)CC(C)(C)C)cc1. The minimum absolute atomic E-state index is 0.000546. The molecule has 1 fully saturated rings. The van der Waals surface area contributed by atoms with Crippen LogP contribution in [0.3, 0.4) is 0 Å². The van der Waals surface area contributed by atoms with Gasteiger partial charge in [0, 0.05) is 39.1 Å². The lowest BCUT2D eigenvalue weighted by molar-refractivity contribution is -0.133. The lowest BCUT2D eigenvalue weighted by Gasteiger charge is -2.30. The summed E-state index contributed by atoms with van der Waals surface area (Å²) in [7, 11) is 1.67. The molecule has 1 aromatic rings. The molecule has 0 radical (unpaired) electrons. The first-order valence-corrected chi connectivity index (χ1v) is 9.58. The molecule has 26 heavy (non-hydrogen) atoms. The smallest absolute Gasteiger partial charge is 0.223 e. The van der Waals surface area contributed by atoms with Crippen molar-refractivity contribution in [1.29, 1.82) is 0 Å². The highest BCUT2D eigenvalue weighted by atomic mass is 16.5. The zero-order chi connectivity index (χ0) is 19.0. The predicted octanol–water partition coefficient (Wildman–Crippen LogP) is 3.18. The van der Waals surface area contributed by atoms with Gasteiger partial charge in [0.15, 0.2) is 0 Å². The highest BCUT2D eigenvalue weighted by Crippen LogP contribution is 2.21. The molecule has 0 spiro atoms. The van der Waals surface area contributed by atoms with Gasteiger partial charge in [-0.25, -0.2) is 0 Å². The quantitative estimate of drug-likeness (QED) is 0.712. The Morgan fingerprint density at radius 3 is 2.42 bits per heavy atom. The molecule has 1 aliphatic rings. The monoisotopic (exact) mass is 362 g/mol. The lowest BCUT2D eigenvalue weighted by Crippen LogP contribution is -2.39. The van der Waals surface area contributed by atoms with Crippen LogP contribution < -0.4 is 4.74 Å². The summed E-state index contributed by atoms with van der Waals surface area (Å²) in [6.07, 6.45) is 1.56. The molecule has 1 saturated heterocycles. The van der Waals surface area contributed by atoms with Crippen molar-refractivity contribution in [3.63, 3.8) is 0 Å². The van der Waals surface area contributed by atoms with E-state index in [1.807, 2.05) is 29.2 Å². The number of nitrogens with zero attached hydrogens (tertiary/aromatic N) is 2. The fraction of sp³-hybridized carbons (Fsp3) is 0.667. The Bertz CT molecular complexity index is 545. The second-order valence-corrected chi connectivity index (χ2v) is 8.21. The zero-order valence-corrected chi connectivity index (χ0v) is 16.8. The molecule has 0 aliphatic carbocycles. The van der Waals surface area contributed by atoms with Crippen LogP contribution >= 0.6 is 0 Å². The van der Waals surface area contributed by atoms with Gasteiger partial charge >= 0.3 is 0 Å². The van der Waals surface area contributed by atoms with E-state index in [-0.39, 0.29) is 11.3 Å². The van der Waals surface area contributed by atoms with Crippen molar-refractivity contribution in [2.45, 2.75) is 40.2 Å². The van der Waals surface area contributed by atoms with Crippen LogP contribution in [0.25, 0.3) is 0 Å². The second kappa shape index (κ2) is 9.93. The van der Waals surface area contributed by atoms with Gasteiger partial charge in [-0.15, -0.1) is 0 Å². The number of rotatable bonds is 8. The first kappa shape index (κ1) is 20.7. The van der Waals surface area contributed by atoms with Gasteiger partial charge in [0.2, 0.25) is 5.91 Å². The van der Waals surface area contributed by atoms with E-state index in [1.54, 1.807) is 7.11 Å². The number of benzene rings is 1. The summed E-state index contributed by atoms with van der Waals surface area (Å²) < 4.78 is 10.6. The molecule has 0 bridgehead atoms. The molecule has 1 amide bonds. The summed E-state index contributed by atoms with van der Waals surface area (Å²) in [6.45, 7) is 12.4. The largest absolute Gasteiger partial charge is 0.497 e. The highest BCUT2D eigenvalue weighted by molar-refractivity contribution is 5.76. The number of amides is 1. The topological polar surface area (TPSA) is 42.0 Å². The summed E-state index contributed by atoms with van der Waals surface area (Å²) in [4.78, 5) is 17.3. The molecule has 5 heteroatoms. The number of methoxy groups -OCH3 is 1. The van der Waals surface area contributed by atoms with E-state index in [4.69, 9.17) is 9.47 Å². The molecule has 1 aromatic carbocycles. The molecule has 5 nitrogen and oxygen atoms in total. The average molecular weight is 363 g/mol. The van der Waals surface area contributed by atoms with E-state index >= 15 is 0 Å². The van der Waals surface area contributed by atoms with Crippen molar-refractivity contribution in [2.24, 2.45) is 5.41 Å². The van der Waals surface area contributed by atoms with Gasteiger partial charge in [-0.1, -0.05) is 32.9 Å². The van der Waals surface area contributed by atoms with Crippen molar-refractivity contribution >= 4 is 5.91 Å². The third kappa shape index (κ3) is 7.34. The molecule has 0 unspecified atom stereocenters. The van der Waals surface area contributed by atoms with Crippen molar-refractivity contribution in [3.05, 3.63) is 29.8 Å². The van der Waals surface area contributed by atoms with Crippen molar-refractivity contribution in [1.82, 2.24) is 9.80 Å². The minimum atomic E-state index is -0.000546. The van der Waals surface area contributed by atoms with Crippen LogP contribution in [0.1, 0.15) is 39.2 Å². The Morgan fingerprint density at radius 1 is 1.19 bits per heavy atom. The maximum Gasteiger partial charge on any atom is 0.223 e. The maximum absolute atomic E-state index is 12.8. The standard InChI is InChI=1S/C21H34N2O3/c1-21(2,3)16-20(24)23(11-5-10-22-12-14-26-15-13-22)17-18-6-8-19(25-4)9-7-18/h6-9H,5,10-17H2,1-4H3. The number of hydrogen-bond acceptors (Lipinski definition) is 4. The third-order valence-corrected chi connectivity index (χ3v) is 4.57. The van der Waals surface area contributed by atoms with Crippen LogP contribution in [0.5, 0.6) is 5.75 Å². The first-order chi connectivity index (χ1) is 12.4. The van der Waals surface area contributed by atoms with Gasteiger partial charge in [0.05, 0.1) is 20.3 Å². The second-order valence-electron chi connectivity index (χ2n) is 8.21. The summed E-state index contributed by atoms with van der Waals surface area (Å²) in [5.74, 6) is 1.07. The molecular formula is C21H34N2O3. The fourth-order valence-corrected chi connectivity index (χ4v) is 3.12. The van der Waals surface area contributed by atoms with Crippen LogP contribution in [0.2, 0.25) is 0 Å². The van der Waals surface area contributed by atoms with Gasteiger partial charge in [-0.05, 0) is 29.5 Å². The van der Waals surface area contributed by atoms with Gasteiger partial charge < -0.3 is 14.4 Å². The summed E-state index contributed by atoms with van der Waals surface area (Å²) in [5, 5.41) is 0. The Morgan fingerprint density at radius 2 is 1.85 bits per heavy atom. The molecule has 146 valence electrons. The van der Waals surface area contributed by atoms with E-state index in [2.05, 4.69) is 25.7 Å². The van der Waals surface area contributed by atoms with Crippen LogP contribution in [-0.2, 0) is 16.1 Å². The number of hydrogen-bond donors (Lipinski definition) is 0. The Balaban J connectivity index is 1.94. The number of ether oxygens (including phenoxy) is 2. The van der Waals surface area contributed by atoms with E-state index in [0.29, 0.717) is 13.0 Å². The molecule has 1 heterocycles. The van der Waals surface area contributed by atoms with Crippen molar-refractivity contribution < 1.29 is 14.3 Å². The van der Waals surface area contributed by atoms with Gasteiger partial charge in [0.25, 0.3) is 0 Å². The maximum atomic E-state index is 12.8. The molecule has 1 aliphatic heterocycles. The van der Waals surface area contributed by atoms with Crippen LogP contribution in [-0.4, -0.2) is 62.2 Å². The predicted molar refractivity (Wildman–Crippen MR) is 104 cm³/mol. The Kier molecular flexibility index (Phi) is 7.91. The Hall–Kier alpha value is -1.59. The molecule has 0 N–H and O–H groups in total. The van der Waals surface area contributed by atoms with E-state index in [9.17, 15) is 4.79 Å². The molecule has 2 rings (SSSR count). The van der Waals surface area contributed by atoms with E-state index in [1.165, 1.54) is 0 Å². The van der Waals surface area contributed by atoms with Gasteiger partial charge in [-0.3, -0.25) is 9.69 Å². The number of morpholine rings is 1. The minimum Gasteiger partial charge on any atom is -0.497 e.